The average molecular weight is 788 g/mol. The first-order valence-electron chi connectivity index (χ1n) is 17.9. The molecule has 0 aliphatic carbocycles. The largest absolute Gasteiger partial charge is 0.463 e. The Hall–Kier alpha value is -6.64. The van der Waals surface area contributed by atoms with Gasteiger partial charge in [0, 0.05) is 16.6 Å². The van der Waals surface area contributed by atoms with Gasteiger partial charge in [-0.3, -0.25) is 4.79 Å². The van der Waals surface area contributed by atoms with Gasteiger partial charge in [0.25, 0.3) is 0 Å². The van der Waals surface area contributed by atoms with E-state index in [1.165, 1.54) is 13.8 Å². The van der Waals surface area contributed by atoms with Gasteiger partial charge < -0.3 is 44.4 Å². The molecule has 0 atom stereocenters. The van der Waals surface area contributed by atoms with Gasteiger partial charge in [0.15, 0.2) is 0 Å². The van der Waals surface area contributed by atoms with E-state index in [0.717, 1.165) is 16.7 Å². The molecule has 304 valence electrons. The van der Waals surface area contributed by atoms with Gasteiger partial charge in [0.05, 0.1) is 25.0 Å². The number of amides is 3. The fraction of sp³-hybridized carbons (Fsp3) is 0.333. The Balaban J connectivity index is 1.76. The quantitative estimate of drug-likeness (QED) is 0.0466. The number of carbonyl (C=O) groups is 6. The number of carbonyl (C=O) groups excluding carboxylic acids is 6. The summed E-state index contributed by atoms with van der Waals surface area (Å²) in [5, 5.41) is 7.58. The van der Waals surface area contributed by atoms with Crippen molar-refractivity contribution in [3.8, 4) is 17.2 Å². The van der Waals surface area contributed by atoms with Gasteiger partial charge in [-0.1, -0.05) is 49.6 Å². The molecule has 57 heavy (non-hydrogen) atoms. The van der Waals surface area contributed by atoms with Crippen molar-refractivity contribution in [2.24, 2.45) is 5.41 Å². The molecular formula is C42H49N3O12. The summed E-state index contributed by atoms with van der Waals surface area (Å²) in [5.41, 5.74) is 1.34. The molecule has 15 nitrogen and oxygen atoms in total. The number of esters is 3. The highest BCUT2D eigenvalue weighted by Crippen LogP contribution is 2.40. The molecule has 3 amide bonds. The summed E-state index contributed by atoms with van der Waals surface area (Å²) in [6.45, 7) is 17.2. The van der Waals surface area contributed by atoms with E-state index in [0.29, 0.717) is 0 Å². The van der Waals surface area contributed by atoms with Crippen molar-refractivity contribution in [3.63, 3.8) is 0 Å². The van der Waals surface area contributed by atoms with Crippen LogP contribution in [0.5, 0.6) is 17.2 Å². The predicted molar refractivity (Wildman–Crippen MR) is 209 cm³/mol. The lowest BCUT2D eigenvalue weighted by Crippen LogP contribution is -2.32. The third kappa shape index (κ3) is 14.2. The normalized spacial score (nSPS) is 10.9. The Kier molecular flexibility index (Phi) is 16.4. The summed E-state index contributed by atoms with van der Waals surface area (Å²) in [6, 6.07) is 20.6. The van der Waals surface area contributed by atoms with E-state index in [1.807, 2.05) is 6.92 Å². The molecule has 0 bridgehead atoms. The molecule has 0 saturated carbocycles. The van der Waals surface area contributed by atoms with Crippen LogP contribution in [0.4, 0.5) is 14.4 Å². The zero-order chi connectivity index (χ0) is 42.2. The highest BCUT2D eigenvalue weighted by atomic mass is 16.6. The third-order valence-electron chi connectivity index (χ3n) is 8.05. The third-order valence-corrected chi connectivity index (χ3v) is 8.05. The molecule has 3 aromatic rings. The van der Waals surface area contributed by atoms with E-state index in [4.69, 9.17) is 28.4 Å². The van der Waals surface area contributed by atoms with Crippen molar-refractivity contribution in [2.45, 2.75) is 47.0 Å². The van der Waals surface area contributed by atoms with Crippen molar-refractivity contribution in [1.82, 2.24) is 16.0 Å². The molecule has 0 saturated heterocycles. The second-order valence-corrected chi connectivity index (χ2v) is 13.9. The Morgan fingerprint density at radius 3 is 1.04 bits per heavy atom. The Morgan fingerprint density at radius 2 is 0.772 bits per heavy atom. The molecule has 15 heteroatoms. The first kappa shape index (κ1) is 44.8. The summed E-state index contributed by atoms with van der Waals surface area (Å²) in [5.74, 6) is -0.740. The number of hydrogen-bond donors (Lipinski definition) is 3. The zero-order valence-electron chi connectivity index (χ0n) is 33.0. The Labute approximate surface area is 331 Å². The van der Waals surface area contributed by atoms with Gasteiger partial charge in [0.2, 0.25) is 0 Å². The number of nitrogens with one attached hydrogen (secondary N) is 3. The fourth-order valence-corrected chi connectivity index (χ4v) is 4.85. The lowest BCUT2D eigenvalue weighted by Gasteiger charge is -2.32. The van der Waals surface area contributed by atoms with E-state index in [2.05, 4.69) is 29.1 Å². The van der Waals surface area contributed by atoms with Gasteiger partial charge in [-0.15, -0.1) is 0 Å². The van der Waals surface area contributed by atoms with Crippen LogP contribution in [0.25, 0.3) is 0 Å². The Morgan fingerprint density at radius 1 is 0.491 bits per heavy atom. The standard InChI is InChI=1S/C42H49N3O12/c1-27(2)35(46)52-24-21-43-38(49)55-32-15-9-29(10-16-32)42(8,30-11-17-33(18-12-30)56-39(50)44-22-25-53-36(47)28(3)4)31-13-19-34(20-14-31)57-40(51)45-23-26-54-37(48)41(5,6)7/h9-20H,1,3,21-26H2,2,4-8H3,(H,43,49)(H,44,50)(H,45,51). The van der Waals surface area contributed by atoms with Crippen LogP contribution >= 0.6 is 0 Å². The topological polar surface area (TPSA) is 194 Å². The molecular weight excluding hydrogens is 738 g/mol. The van der Waals surface area contributed by atoms with Crippen LogP contribution in [0, 0.1) is 5.41 Å². The SMILES string of the molecule is C=C(C)C(=O)OCCNC(=O)Oc1ccc(C(C)(c2ccc(OC(=O)NCCOC(=O)C(=C)C)cc2)c2ccc(OC(=O)NCCOC(=O)C(C)(C)C)cc2)cc1. The number of ether oxygens (including phenoxy) is 6. The van der Waals surface area contributed by atoms with E-state index in [9.17, 15) is 28.8 Å². The average Bonchev–Trinajstić information content (AvgIpc) is 3.16. The van der Waals surface area contributed by atoms with Gasteiger partial charge >= 0.3 is 36.2 Å². The monoisotopic (exact) mass is 787 g/mol. The van der Waals surface area contributed by atoms with Crippen LogP contribution in [0.3, 0.4) is 0 Å². The molecule has 3 aromatic carbocycles. The smallest absolute Gasteiger partial charge is 0.412 e. The van der Waals surface area contributed by atoms with Gasteiger partial charge in [-0.05, 0) is 94.6 Å². The minimum atomic E-state index is -0.848. The lowest BCUT2D eigenvalue weighted by atomic mass is 9.71. The minimum Gasteiger partial charge on any atom is -0.463 e. The van der Waals surface area contributed by atoms with Crippen LogP contribution < -0.4 is 30.2 Å². The zero-order valence-corrected chi connectivity index (χ0v) is 33.0. The van der Waals surface area contributed by atoms with E-state index in [1.54, 1.807) is 93.6 Å². The van der Waals surface area contributed by atoms with Crippen molar-refractivity contribution in [1.29, 1.82) is 0 Å². The molecule has 0 fully saturated rings. The number of hydrogen-bond acceptors (Lipinski definition) is 12. The summed E-state index contributed by atoms with van der Waals surface area (Å²) in [4.78, 5) is 72.2. The summed E-state index contributed by atoms with van der Waals surface area (Å²) < 4.78 is 31.3. The molecule has 3 N–H and O–H groups in total. The minimum absolute atomic E-state index is 0.00850. The van der Waals surface area contributed by atoms with E-state index in [-0.39, 0.29) is 73.8 Å². The number of benzene rings is 3. The van der Waals surface area contributed by atoms with Crippen molar-refractivity contribution >= 4 is 36.2 Å². The molecule has 3 rings (SSSR count). The highest BCUT2D eigenvalue weighted by Gasteiger charge is 2.32. The second-order valence-electron chi connectivity index (χ2n) is 13.9. The molecule has 0 heterocycles. The van der Waals surface area contributed by atoms with Crippen LogP contribution in [0.1, 0.15) is 58.2 Å². The maximum atomic E-state index is 12.4. The summed E-state index contributed by atoms with van der Waals surface area (Å²) in [7, 11) is 0. The van der Waals surface area contributed by atoms with Crippen LogP contribution in [0.2, 0.25) is 0 Å². The molecule has 0 aromatic heterocycles. The van der Waals surface area contributed by atoms with Gasteiger partial charge in [-0.2, -0.15) is 0 Å². The summed E-state index contributed by atoms with van der Waals surface area (Å²) >= 11 is 0. The molecule has 0 aliphatic heterocycles. The van der Waals surface area contributed by atoms with Crippen molar-refractivity contribution in [3.05, 3.63) is 114 Å². The van der Waals surface area contributed by atoms with Crippen molar-refractivity contribution < 1.29 is 57.2 Å². The maximum Gasteiger partial charge on any atom is 0.412 e. The van der Waals surface area contributed by atoms with Gasteiger partial charge in [0.1, 0.15) is 37.1 Å². The predicted octanol–water partition coefficient (Wildman–Crippen LogP) is 6.13. The first-order chi connectivity index (χ1) is 26.9. The second kappa shape index (κ2) is 20.9. The highest BCUT2D eigenvalue weighted by molar-refractivity contribution is 5.87. The lowest BCUT2D eigenvalue weighted by molar-refractivity contribution is -0.152. The maximum absolute atomic E-state index is 12.4. The molecule has 0 unspecified atom stereocenters. The van der Waals surface area contributed by atoms with E-state index < -0.39 is 41.0 Å². The van der Waals surface area contributed by atoms with Crippen molar-refractivity contribution in [2.75, 3.05) is 39.5 Å². The van der Waals surface area contributed by atoms with E-state index >= 15 is 0 Å². The molecule has 0 aliphatic rings. The van der Waals surface area contributed by atoms with Crippen LogP contribution in [-0.4, -0.2) is 75.6 Å². The van der Waals surface area contributed by atoms with Crippen LogP contribution in [-0.2, 0) is 34.0 Å². The van der Waals surface area contributed by atoms with Crippen LogP contribution in [0.15, 0.2) is 97.1 Å². The molecule has 0 spiro atoms. The summed E-state index contributed by atoms with van der Waals surface area (Å²) in [6.07, 6.45) is -2.21. The first-order valence-corrected chi connectivity index (χ1v) is 17.9. The van der Waals surface area contributed by atoms with Gasteiger partial charge in [-0.25, -0.2) is 24.0 Å². The number of rotatable bonds is 17. The Bertz CT molecular complexity index is 1820. The fourth-order valence-electron chi connectivity index (χ4n) is 4.85. The molecule has 0 radical (unpaired) electrons.